The largest absolute Gasteiger partial charge is 0.256 e. The fourth-order valence-corrected chi connectivity index (χ4v) is 3.15. The Morgan fingerprint density at radius 1 is 0.880 bits per heavy atom. The normalized spacial score (nSPS) is 11.5. The zero-order valence-corrected chi connectivity index (χ0v) is 13.4. The van der Waals surface area contributed by atoms with Crippen molar-refractivity contribution in [3.05, 3.63) is 72.2 Å². The van der Waals surface area contributed by atoms with Crippen molar-refractivity contribution < 1.29 is 21.6 Å². The summed E-state index contributed by atoms with van der Waals surface area (Å²) in [5.74, 6) is -3.12. The van der Waals surface area contributed by atoms with Gasteiger partial charge in [-0.05, 0) is 35.9 Å². The summed E-state index contributed by atoms with van der Waals surface area (Å²) in [7, 11) is -4.55. The second-order valence-electron chi connectivity index (χ2n) is 5.22. The van der Waals surface area contributed by atoms with E-state index in [2.05, 4.69) is 4.98 Å². The lowest BCUT2D eigenvalue weighted by Crippen LogP contribution is -2.16. The number of benzene rings is 2. The molecule has 0 fully saturated rings. The van der Waals surface area contributed by atoms with Gasteiger partial charge in [-0.25, -0.2) is 26.7 Å². The second kappa shape index (κ2) is 6.30. The SMILES string of the molecule is NS(=O)(=O)c1c(F)cc(-c2cccnc2-c2cccc(F)c2)cc1F. The minimum absolute atomic E-state index is 0.0507. The lowest BCUT2D eigenvalue weighted by Gasteiger charge is -2.11. The van der Waals surface area contributed by atoms with E-state index in [4.69, 9.17) is 5.14 Å². The van der Waals surface area contributed by atoms with Gasteiger partial charge in [-0.15, -0.1) is 0 Å². The first kappa shape index (κ1) is 17.1. The Kier molecular flexibility index (Phi) is 4.32. The first-order valence-electron chi connectivity index (χ1n) is 7.00. The van der Waals surface area contributed by atoms with Crippen molar-refractivity contribution in [2.75, 3.05) is 0 Å². The molecule has 0 amide bonds. The molecule has 128 valence electrons. The van der Waals surface area contributed by atoms with Crippen LogP contribution in [0.15, 0.2) is 59.6 Å². The third-order valence-electron chi connectivity index (χ3n) is 3.50. The first-order valence-corrected chi connectivity index (χ1v) is 8.55. The van der Waals surface area contributed by atoms with Gasteiger partial charge in [0, 0.05) is 17.3 Å². The number of primary sulfonamides is 1. The molecule has 0 unspecified atom stereocenters. The molecule has 4 nitrogen and oxygen atoms in total. The Balaban J connectivity index is 2.22. The topological polar surface area (TPSA) is 73.1 Å². The molecule has 0 spiro atoms. The summed E-state index contributed by atoms with van der Waals surface area (Å²) in [5, 5.41) is 4.82. The predicted octanol–water partition coefficient (Wildman–Crippen LogP) is 3.48. The Morgan fingerprint density at radius 2 is 1.56 bits per heavy atom. The summed E-state index contributed by atoms with van der Waals surface area (Å²) in [5.41, 5.74) is 1.07. The number of sulfonamides is 1. The van der Waals surface area contributed by atoms with E-state index in [-0.39, 0.29) is 5.56 Å². The third kappa shape index (κ3) is 3.40. The van der Waals surface area contributed by atoms with Gasteiger partial charge in [-0.2, -0.15) is 0 Å². The standard InChI is InChI=1S/C17H11F3N2O2S/c18-12-4-1-3-10(7-12)16-13(5-2-6-22-16)11-8-14(19)17(15(20)9-11)25(21,23)24/h1-9H,(H2,21,23,24). The van der Waals surface area contributed by atoms with Crippen molar-refractivity contribution in [3.63, 3.8) is 0 Å². The van der Waals surface area contributed by atoms with Gasteiger partial charge in [-0.1, -0.05) is 18.2 Å². The first-order chi connectivity index (χ1) is 11.8. The van der Waals surface area contributed by atoms with E-state index in [9.17, 15) is 21.6 Å². The molecule has 0 saturated heterocycles. The van der Waals surface area contributed by atoms with Gasteiger partial charge in [0.05, 0.1) is 5.69 Å². The molecule has 0 aliphatic rings. The fourth-order valence-electron chi connectivity index (χ4n) is 2.49. The van der Waals surface area contributed by atoms with E-state index >= 15 is 0 Å². The maximum absolute atomic E-state index is 14.1. The minimum atomic E-state index is -4.55. The van der Waals surface area contributed by atoms with Crippen LogP contribution in [0.1, 0.15) is 0 Å². The van der Waals surface area contributed by atoms with Crippen molar-refractivity contribution in [1.29, 1.82) is 0 Å². The van der Waals surface area contributed by atoms with E-state index in [1.54, 1.807) is 12.1 Å². The van der Waals surface area contributed by atoms with Crippen molar-refractivity contribution in [2.45, 2.75) is 4.90 Å². The Bertz CT molecular complexity index is 1050. The molecule has 0 saturated carbocycles. The van der Waals surface area contributed by atoms with Gasteiger partial charge in [0.25, 0.3) is 0 Å². The van der Waals surface area contributed by atoms with Crippen LogP contribution >= 0.6 is 0 Å². The van der Waals surface area contributed by atoms with Crippen LogP contribution in [0, 0.1) is 17.5 Å². The quantitative estimate of drug-likeness (QED) is 0.773. The van der Waals surface area contributed by atoms with Crippen molar-refractivity contribution in [3.8, 4) is 22.4 Å². The number of nitrogens with zero attached hydrogens (tertiary/aromatic N) is 1. The predicted molar refractivity (Wildman–Crippen MR) is 86.4 cm³/mol. The molecule has 1 aromatic heterocycles. The van der Waals surface area contributed by atoms with Crippen LogP contribution in [0.4, 0.5) is 13.2 Å². The summed E-state index contributed by atoms with van der Waals surface area (Å²) < 4.78 is 64.3. The molecule has 3 rings (SSSR count). The summed E-state index contributed by atoms with van der Waals surface area (Å²) in [6.45, 7) is 0. The monoisotopic (exact) mass is 364 g/mol. The number of aromatic nitrogens is 1. The van der Waals surface area contributed by atoms with Crippen molar-refractivity contribution in [1.82, 2.24) is 4.98 Å². The second-order valence-corrected chi connectivity index (χ2v) is 6.72. The Labute approximate surface area is 141 Å². The molecular formula is C17H11F3N2O2S. The minimum Gasteiger partial charge on any atom is -0.256 e. The van der Waals surface area contributed by atoms with Gasteiger partial charge >= 0.3 is 0 Å². The molecule has 3 aromatic rings. The van der Waals surface area contributed by atoms with Crippen molar-refractivity contribution in [2.24, 2.45) is 5.14 Å². The highest BCUT2D eigenvalue weighted by Crippen LogP contribution is 2.33. The third-order valence-corrected chi connectivity index (χ3v) is 4.46. The molecule has 0 aliphatic carbocycles. The highest BCUT2D eigenvalue weighted by Gasteiger charge is 2.22. The molecule has 0 radical (unpaired) electrons. The fraction of sp³-hybridized carbons (Fsp3) is 0. The summed E-state index contributed by atoms with van der Waals surface area (Å²) in [4.78, 5) is 2.94. The van der Waals surface area contributed by atoms with Gasteiger partial charge in [-0.3, -0.25) is 4.98 Å². The molecule has 1 heterocycles. The maximum Gasteiger partial charge on any atom is 0.243 e. The molecule has 8 heteroatoms. The maximum atomic E-state index is 14.1. The van der Waals surface area contributed by atoms with Crippen LogP contribution in [-0.2, 0) is 10.0 Å². The van der Waals surface area contributed by atoms with Crippen LogP contribution in [0.2, 0.25) is 0 Å². The molecule has 0 aliphatic heterocycles. The summed E-state index contributed by atoms with van der Waals surface area (Å²) in [6.07, 6.45) is 1.45. The molecule has 2 N–H and O–H groups in total. The van der Waals surface area contributed by atoms with Crippen LogP contribution in [-0.4, -0.2) is 13.4 Å². The average Bonchev–Trinajstić information content (AvgIpc) is 2.53. The van der Waals surface area contributed by atoms with Gasteiger partial charge in [0.1, 0.15) is 17.5 Å². The van der Waals surface area contributed by atoms with Crippen LogP contribution in [0.25, 0.3) is 22.4 Å². The summed E-state index contributed by atoms with van der Waals surface area (Å²) in [6, 6.07) is 10.4. The highest BCUT2D eigenvalue weighted by atomic mass is 32.2. The smallest absolute Gasteiger partial charge is 0.243 e. The Hall–Kier alpha value is -2.71. The molecule has 2 aromatic carbocycles. The molecule has 25 heavy (non-hydrogen) atoms. The molecule has 0 atom stereocenters. The number of hydrogen-bond acceptors (Lipinski definition) is 3. The van der Waals surface area contributed by atoms with Crippen molar-refractivity contribution >= 4 is 10.0 Å². The van der Waals surface area contributed by atoms with E-state index in [0.29, 0.717) is 16.8 Å². The summed E-state index contributed by atoms with van der Waals surface area (Å²) >= 11 is 0. The zero-order valence-electron chi connectivity index (χ0n) is 12.6. The van der Waals surface area contributed by atoms with E-state index < -0.39 is 32.4 Å². The van der Waals surface area contributed by atoms with Gasteiger partial charge < -0.3 is 0 Å². The van der Waals surface area contributed by atoms with Gasteiger partial charge in [0.2, 0.25) is 10.0 Å². The van der Waals surface area contributed by atoms with Gasteiger partial charge in [0.15, 0.2) is 4.90 Å². The number of halogens is 3. The number of pyridine rings is 1. The lowest BCUT2D eigenvalue weighted by molar-refractivity contribution is 0.520. The average molecular weight is 364 g/mol. The molecule has 0 bridgehead atoms. The van der Waals surface area contributed by atoms with E-state index in [1.807, 2.05) is 0 Å². The Morgan fingerprint density at radius 3 is 2.16 bits per heavy atom. The van der Waals surface area contributed by atoms with E-state index in [0.717, 1.165) is 12.1 Å². The highest BCUT2D eigenvalue weighted by molar-refractivity contribution is 7.89. The number of rotatable bonds is 3. The molecular weight excluding hydrogens is 353 g/mol. The van der Waals surface area contributed by atoms with E-state index in [1.165, 1.54) is 30.5 Å². The number of hydrogen-bond donors (Lipinski definition) is 1. The van der Waals surface area contributed by atoms with Crippen LogP contribution in [0.5, 0.6) is 0 Å². The van der Waals surface area contributed by atoms with Crippen LogP contribution in [0.3, 0.4) is 0 Å². The lowest BCUT2D eigenvalue weighted by atomic mass is 9.99. The van der Waals surface area contributed by atoms with Crippen LogP contribution < -0.4 is 5.14 Å². The number of nitrogens with two attached hydrogens (primary N) is 1. The zero-order chi connectivity index (χ0) is 18.2.